The van der Waals surface area contributed by atoms with E-state index in [9.17, 15) is 14.7 Å². The molecule has 2 unspecified atom stereocenters. The van der Waals surface area contributed by atoms with Gasteiger partial charge in [0.25, 0.3) is 0 Å². The maximum absolute atomic E-state index is 12.6. The van der Waals surface area contributed by atoms with Crippen molar-refractivity contribution in [2.24, 2.45) is 0 Å². The van der Waals surface area contributed by atoms with Crippen LogP contribution in [0.5, 0.6) is 0 Å². The quantitative estimate of drug-likeness (QED) is 0.0726. The highest BCUT2D eigenvalue weighted by Gasteiger charge is 2.37. The summed E-state index contributed by atoms with van der Waals surface area (Å²) < 4.78 is 21.5. The van der Waals surface area contributed by atoms with Crippen LogP contribution in [0.1, 0.15) is 142 Å². The van der Waals surface area contributed by atoms with E-state index in [1.165, 1.54) is 97.0 Å². The van der Waals surface area contributed by atoms with Crippen LogP contribution in [0, 0.1) is 0 Å². The molecule has 0 bridgehead atoms. The van der Waals surface area contributed by atoms with Crippen molar-refractivity contribution in [2.75, 3.05) is 33.5 Å². The number of carbonyl (C=O) groups is 2. The van der Waals surface area contributed by atoms with Gasteiger partial charge in [0.1, 0.15) is 6.61 Å². The van der Waals surface area contributed by atoms with Crippen LogP contribution in [-0.4, -0.2) is 62.8 Å². The largest absolute Gasteiger partial charge is 0.479 e. The molecule has 0 aliphatic rings. The summed E-state index contributed by atoms with van der Waals surface area (Å²) in [6.07, 6.45) is 21.1. The normalized spacial score (nSPS) is 12.9. The topological polar surface area (TPSA) is 91.3 Å². The lowest BCUT2D eigenvalue weighted by atomic mass is 10.1. The highest BCUT2D eigenvalue weighted by Crippen LogP contribution is 2.14. The number of hydrogen-bond acceptors (Lipinski definition) is 6. The van der Waals surface area contributed by atoms with E-state index in [1.807, 2.05) is 0 Å². The van der Waals surface area contributed by atoms with Crippen LogP contribution in [0.2, 0.25) is 0 Å². The Labute approximate surface area is 233 Å². The van der Waals surface area contributed by atoms with Gasteiger partial charge in [0.2, 0.25) is 0 Å². The van der Waals surface area contributed by atoms with Crippen LogP contribution in [-0.2, 0) is 28.5 Å². The van der Waals surface area contributed by atoms with Crippen molar-refractivity contribution in [1.82, 2.24) is 0 Å². The number of rotatable bonds is 30. The summed E-state index contributed by atoms with van der Waals surface area (Å²) in [5.74, 6) is -1.90. The third kappa shape index (κ3) is 22.8. The minimum absolute atomic E-state index is 0.0538. The van der Waals surface area contributed by atoms with E-state index in [0.29, 0.717) is 6.61 Å². The van der Waals surface area contributed by atoms with Crippen LogP contribution in [0.3, 0.4) is 0 Å². The number of carboxylic acid groups (broad SMARTS) is 1. The number of ether oxygens (including phenoxy) is 4. The lowest BCUT2D eigenvalue weighted by Gasteiger charge is -2.23. The van der Waals surface area contributed by atoms with Gasteiger partial charge >= 0.3 is 11.9 Å². The molecule has 7 heteroatoms. The Hall–Kier alpha value is -1.18. The molecule has 38 heavy (non-hydrogen) atoms. The maximum Gasteiger partial charge on any atom is 0.338 e. The van der Waals surface area contributed by atoms with Crippen LogP contribution in [0.15, 0.2) is 0 Å². The molecule has 0 heterocycles. The zero-order valence-corrected chi connectivity index (χ0v) is 25.0. The molecular weight excluding hydrogens is 484 g/mol. The summed E-state index contributed by atoms with van der Waals surface area (Å²) in [4.78, 5) is 24.6. The number of carboxylic acids is 1. The molecule has 0 fully saturated rings. The highest BCUT2D eigenvalue weighted by molar-refractivity contribution is 5.84. The van der Waals surface area contributed by atoms with Crippen molar-refractivity contribution >= 4 is 11.9 Å². The average molecular weight is 545 g/mol. The Balaban J connectivity index is 4.34. The van der Waals surface area contributed by atoms with Gasteiger partial charge in [-0.2, -0.15) is 0 Å². The van der Waals surface area contributed by atoms with Gasteiger partial charge in [-0.15, -0.1) is 0 Å². The molecule has 0 aliphatic heterocycles. The monoisotopic (exact) mass is 544 g/mol. The molecular formula is C31H60O7. The van der Waals surface area contributed by atoms with Crippen molar-refractivity contribution in [2.45, 2.75) is 154 Å². The summed E-state index contributed by atoms with van der Waals surface area (Å²) in [5, 5.41) is 9.77. The summed E-state index contributed by atoms with van der Waals surface area (Å²) in [7, 11) is 1.52. The molecule has 0 aliphatic carbocycles. The van der Waals surface area contributed by atoms with E-state index in [1.54, 1.807) is 0 Å². The van der Waals surface area contributed by atoms with Crippen molar-refractivity contribution in [3.63, 3.8) is 0 Å². The van der Waals surface area contributed by atoms with E-state index in [4.69, 9.17) is 18.9 Å². The van der Waals surface area contributed by atoms with Gasteiger partial charge in [0.05, 0.1) is 6.61 Å². The number of methoxy groups -OCH3 is 1. The lowest BCUT2D eigenvalue weighted by Crippen LogP contribution is -2.45. The molecule has 0 saturated carbocycles. The van der Waals surface area contributed by atoms with Gasteiger partial charge in [-0.3, -0.25) is 0 Å². The Kier molecular flexibility index (Phi) is 27.9. The Morgan fingerprint density at radius 2 is 0.895 bits per heavy atom. The number of unbranched alkanes of at least 4 members (excludes halogenated alkanes) is 18. The lowest BCUT2D eigenvalue weighted by molar-refractivity contribution is -0.181. The predicted molar refractivity (Wildman–Crippen MR) is 154 cm³/mol. The first kappa shape index (κ1) is 36.8. The van der Waals surface area contributed by atoms with Gasteiger partial charge in [-0.1, -0.05) is 129 Å². The van der Waals surface area contributed by atoms with E-state index < -0.39 is 24.1 Å². The number of aliphatic carboxylic acids is 1. The number of carbonyl (C=O) groups excluding carboxylic acids is 1. The molecule has 0 spiro atoms. The van der Waals surface area contributed by atoms with Crippen LogP contribution in [0.4, 0.5) is 0 Å². The first-order chi connectivity index (χ1) is 18.6. The predicted octanol–water partition coefficient (Wildman–Crippen LogP) is 7.87. The van der Waals surface area contributed by atoms with Crippen LogP contribution in [0.25, 0.3) is 0 Å². The van der Waals surface area contributed by atoms with Gasteiger partial charge < -0.3 is 24.1 Å². The second-order valence-electron chi connectivity index (χ2n) is 10.4. The second kappa shape index (κ2) is 28.8. The van der Waals surface area contributed by atoms with Crippen LogP contribution < -0.4 is 0 Å². The van der Waals surface area contributed by atoms with Gasteiger partial charge in [0.15, 0.2) is 12.2 Å². The standard InChI is InChI=1S/C31H60O7/c1-4-6-8-10-12-14-16-18-20-22-24-36-28(30(32)33)29(31(34)38-27-26-35-3)37-25-23-21-19-17-15-13-11-9-7-5-2/h28-29H,4-27H2,1-3H3,(H,32,33). The third-order valence-corrected chi connectivity index (χ3v) is 6.87. The fourth-order valence-corrected chi connectivity index (χ4v) is 4.47. The first-order valence-corrected chi connectivity index (χ1v) is 15.7. The van der Waals surface area contributed by atoms with Crippen molar-refractivity contribution in [3.05, 3.63) is 0 Å². The molecule has 0 aromatic carbocycles. The van der Waals surface area contributed by atoms with Crippen molar-refractivity contribution in [3.8, 4) is 0 Å². The molecule has 7 nitrogen and oxygen atoms in total. The summed E-state index contributed by atoms with van der Waals surface area (Å²) in [6.45, 7) is 5.36. The Bertz CT molecular complexity index is 526. The average Bonchev–Trinajstić information content (AvgIpc) is 2.90. The molecule has 0 saturated heterocycles. The zero-order chi connectivity index (χ0) is 28.1. The van der Waals surface area contributed by atoms with E-state index >= 15 is 0 Å². The molecule has 0 aromatic rings. The van der Waals surface area contributed by atoms with E-state index in [-0.39, 0.29) is 19.8 Å². The van der Waals surface area contributed by atoms with Crippen molar-refractivity contribution in [1.29, 1.82) is 0 Å². The smallest absolute Gasteiger partial charge is 0.338 e. The molecule has 1 N–H and O–H groups in total. The van der Waals surface area contributed by atoms with Gasteiger partial charge in [-0.25, -0.2) is 9.59 Å². The maximum atomic E-state index is 12.6. The number of esters is 1. The molecule has 0 amide bonds. The van der Waals surface area contributed by atoms with Gasteiger partial charge in [-0.05, 0) is 12.8 Å². The third-order valence-electron chi connectivity index (χ3n) is 6.87. The molecule has 2 atom stereocenters. The molecule has 0 radical (unpaired) electrons. The van der Waals surface area contributed by atoms with E-state index in [2.05, 4.69) is 13.8 Å². The fourth-order valence-electron chi connectivity index (χ4n) is 4.47. The first-order valence-electron chi connectivity index (χ1n) is 15.7. The molecule has 0 rings (SSSR count). The Morgan fingerprint density at radius 1 is 0.526 bits per heavy atom. The minimum atomic E-state index is -1.37. The highest BCUT2D eigenvalue weighted by atomic mass is 16.6. The number of hydrogen-bond donors (Lipinski definition) is 1. The molecule has 0 aromatic heterocycles. The van der Waals surface area contributed by atoms with Crippen molar-refractivity contribution < 1.29 is 33.6 Å². The zero-order valence-electron chi connectivity index (χ0n) is 25.0. The SMILES string of the molecule is CCCCCCCCCCCCOC(C(=O)O)C(OCCCCCCCCCCCC)C(=O)OCCOC. The Morgan fingerprint density at radius 3 is 1.26 bits per heavy atom. The summed E-state index contributed by atoms with van der Waals surface area (Å²) in [6, 6.07) is 0. The van der Waals surface area contributed by atoms with Crippen LogP contribution >= 0.6 is 0 Å². The summed E-state index contributed by atoms with van der Waals surface area (Å²) in [5.41, 5.74) is 0. The van der Waals surface area contributed by atoms with Gasteiger partial charge in [0, 0.05) is 20.3 Å². The minimum Gasteiger partial charge on any atom is -0.479 e. The summed E-state index contributed by atoms with van der Waals surface area (Å²) >= 11 is 0. The fraction of sp³-hybridized carbons (Fsp3) is 0.935. The van der Waals surface area contributed by atoms with E-state index in [0.717, 1.165) is 38.5 Å². The molecule has 226 valence electrons. The second-order valence-corrected chi connectivity index (χ2v) is 10.4.